The number of benzene rings is 1. The van der Waals surface area contributed by atoms with E-state index in [1.165, 1.54) is 5.56 Å². The highest BCUT2D eigenvalue weighted by Crippen LogP contribution is 2.14. The summed E-state index contributed by atoms with van der Waals surface area (Å²) in [6.07, 6.45) is 2.98. The van der Waals surface area contributed by atoms with Gasteiger partial charge in [-0.25, -0.2) is 0 Å². The molecule has 4 heteroatoms. The lowest BCUT2D eigenvalue weighted by Crippen LogP contribution is -2.45. The lowest BCUT2D eigenvalue weighted by molar-refractivity contribution is -0.136. The molecule has 4 nitrogen and oxygen atoms in total. The zero-order valence-corrected chi connectivity index (χ0v) is 12.1. The second kappa shape index (κ2) is 8.02. The predicted molar refractivity (Wildman–Crippen MR) is 81.4 cm³/mol. The van der Waals surface area contributed by atoms with Gasteiger partial charge in [-0.2, -0.15) is 0 Å². The van der Waals surface area contributed by atoms with Crippen molar-refractivity contribution in [3.8, 4) is 0 Å². The van der Waals surface area contributed by atoms with Gasteiger partial charge in [-0.15, -0.1) is 0 Å². The van der Waals surface area contributed by atoms with Gasteiger partial charge in [-0.3, -0.25) is 4.79 Å². The first kappa shape index (κ1) is 15.0. The molecule has 1 saturated heterocycles. The van der Waals surface area contributed by atoms with Crippen LogP contribution in [0.4, 0.5) is 0 Å². The Balaban J connectivity index is 1.90. The number of piperidine rings is 1. The van der Waals surface area contributed by atoms with Crippen molar-refractivity contribution in [3.63, 3.8) is 0 Å². The molecule has 1 fully saturated rings. The number of hydrogen-bond acceptors (Lipinski definition) is 3. The van der Waals surface area contributed by atoms with Gasteiger partial charge in [0, 0.05) is 26.2 Å². The first-order chi connectivity index (χ1) is 9.81. The monoisotopic (exact) mass is 275 g/mol. The van der Waals surface area contributed by atoms with Gasteiger partial charge in [-0.1, -0.05) is 30.3 Å². The Morgan fingerprint density at radius 1 is 1.30 bits per heavy atom. The number of rotatable bonds is 6. The minimum Gasteiger partial charge on any atom is -0.341 e. The fraction of sp³-hybridized carbons (Fsp3) is 0.562. The van der Waals surface area contributed by atoms with Crippen molar-refractivity contribution < 1.29 is 4.79 Å². The molecule has 0 aromatic heterocycles. The molecule has 1 heterocycles. The molecule has 0 saturated carbocycles. The summed E-state index contributed by atoms with van der Waals surface area (Å²) in [4.78, 5) is 14.5. The molecule has 1 aromatic carbocycles. The summed E-state index contributed by atoms with van der Waals surface area (Å²) < 4.78 is 0. The fourth-order valence-corrected chi connectivity index (χ4v) is 2.72. The van der Waals surface area contributed by atoms with E-state index in [1.54, 1.807) is 0 Å². The molecule has 1 atom stereocenters. The summed E-state index contributed by atoms with van der Waals surface area (Å²) in [6.45, 7) is 3.79. The maximum absolute atomic E-state index is 12.5. The largest absolute Gasteiger partial charge is 0.341 e. The Labute approximate surface area is 121 Å². The summed E-state index contributed by atoms with van der Waals surface area (Å²) in [5, 5.41) is 3.31. The third-order valence-electron chi connectivity index (χ3n) is 3.87. The van der Waals surface area contributed by atoms with Gasteiger partial charge in [0.15, 0.2) is 0 Å². The van der Waals surface area contributed by atoms with E-state index in [1.807, 2.05) is 23.1 Å². The van der Waals surface area contributed by atoms with E-state index in [9.17, 15) is 4.79 Å². The summed E-state index contributed by atoms with van der Waals surface area (Å²) in [7, 11) is 0. The van der Waals surface area contributed by atoms with E-state index >= 15 is 0 Å². The van der Waals surface area contributed by atoms with Gasteiger partial charge < -0.3 is 16.0 Å². The Kier molecular flexibility index (Phi) is 6.02. The highest BCUT2D eigenvalue weighted by molar-refractivity contribution is 5.79. The van der Waals surface area contributed by atoms with Crippen molar-refractivity contribution in [1.29, 1.82) is 0 Å². The molecule has 20 heavy (non-hydrogen) atoms. The van der Waals surface area contributed by atoms with Crippen LogP contribution in [-0.2, 0) is 11.2 Å². The van der Waals surface area contributed by atoms with Gasteiger partial charge in [0.1, 0.15) is 0 Å². The van der Waals surface area contributed by atoms with E-state index in [4.69, 9.17) is 5.73 Å². The van der Waals surface area contributed by atoms with Crippen molar-refractivity contribution in [2.24, 2.45) is 11.7 Å². The van der Waals surface area contributed by atoms with Gasteiger partial charge in [0.2, 0.25) is 5.91 Å². The van der Waals surface area contributed by atoms with E-state index in [0.717, 1.165) is 38.9 Å². The molecule has 3 N–H and O–H groups in total. The maximum Gasteiger partial charge on any atom is 0.227 e. The van der Waals surface area contributed by atoms with Crippen LogP contribution in [0, 0.1) is 5.92 Å². The second-order valence-electron chi connectivity index (χ2n) is 5.39. The average Bonchev–Trinajstić information content (AvgIpc) is 2.52. The number of nitrogens with two attached hydrogens (primary N) is 1. The van der Waals surface area contributed by atoms with Crippen LogP contribution in [-0.4, -0.2) is 43.5 Å². The van der Waals surface area contributed by atoms with Crippen LogP contribution in [0.15, 0.2) is 30.3 Å². The number of hydrogen-bond donors (Lipinski definition) is 2. The molecule has 1 amide bonds. The average molecular weight is 275 g/mol. The summed E-state index contributed by atoms with van der Waals surface area (Å²) in [5.41, 5.74) is 6.92. The van der Waals surface area contributed by atoms with E-state index < -0.39 is 0 Å². The van der Waals surface area contributed by atoms with Gasteiger partial charge in [0.25, 0.3) is 0 Å². The maximum atomic E-state index is 12.5. The molecule has 0 spiro atoms. The first-order valence-corrected chi connectivity index (χ1v) is 7.54. The predicted octanol–water partition coefficient (Wildman–Crippen LogP) is 1.02. The van der Waals surface area contributed by atoms with Crippen molar-refractivity contribution in [3.05, 3.63) is 35.9 Å². The molecule has 1 aliphatic heterocycles. The number of nitrogens with zero attached hydrogens (tertiary/aromatic N) is 1. The Bertz CT molecular complexity index is 401. The van der Waals surface area contributed by atoms with Crippen molar-refractivity contribution in [1.82, 2.24) is 10.2 Å². The van der Waals surface area contributed by atoms with E-state index in [0.29, 0.717) is 13.1 Å². The molecule has 1 aromatic rings. The summed E-state index contributed by atoms with van der Waals surface area (Å²) >= 11 is 0. The van der Waals surface area contributed by atoms with Gasteiger partial charge >= 0.3 is 0 Å². The zero-order valence-electron chi connectivity index (χ0n) is 12.1. The minimum absolute atomic E-state index is 0.131. The topological polar surface area (TPSA) is 58.4 Å². The first-order valence-electron chi connectivity index (χ1n) is 7.54. The second-order valence-corrected chi connectivity index (χ2v) is 5.39. The lowest BCUT2D eigenvalue weighted by Gasteiger charge is -2.29. The third-order valence-corrected chi connectivity index (χ3v) is 3.87. The van der Waals surface area contributed by atoms with Gasteiger partial charge in [0.05, 0.1) is 5.92 Å². The normalized spacial score (nSPS) is 18.8. The standard InChI is InChI=1S/C16H25N3O/c17-9-12-19(11-8-14-5-2-1-3-6-14)16(20)15-7-4-10-18-13-15/h1-3,5-6,15,18H,4,7-13,17H2. The molecule has 1 aliphatic rings. The lowest BCUT2D eigenvalue weighted by atomic mass is 9.98. The molecule has 0 aliphatic carbocycles. The van der Waals surface area contributed by atoms with Crippen LogP contribution in [0.25, 0.3) is 0 Å². The molecule has 110 valence electrons. The van der Waals surface area contributed by atoms with E-state index in [-0.39, 0.29) is 11.8 Å². The number of amides is 1. The van der Waals surface area contributed by atoms with Crippen LogP contribution in [0.3, 0.4) is 0 Å². The molecular weight excluding hydrogens is 250 g/mol. The van der Waals surface area contributed by atoms with Crippen LogP contribution in [0.1, 0.15) is 18.4 Å². The van der Waals surface area contributed by atoms with Crippen molar-refractivity contribution in [2.75, 3.05) is 32.7 Å². The number of carbonyl (C=O) groups is 1. The van der Waals surface area contributed by atoms with Crippen molar-refractivity contribution in [2.45, 2.75) is 19.3 Å². The third kappa shape index (κ3) is 4.32. The Morgan fingerprint density at radius 2 is 2.10 bits per heavy atom. The van der Waals surface area contributed by atoms with Crippen LogP contribution in [0.5, 0.6) is 0 Å². The molecule has 2 rings (SSSR count). The van der Waals surface area contributed by atoms with Crippen LogP contribution < -0.4 is 11.1 Å². The molecule has 0 bridgehead atoms. The number of nitrogens with one attached hydrogen (secondary N) is 1. The minimum atomic E-state index is 0.131. The van der Waals surface area contributed by atoms with Crippen LogP contribution >= 0.6 is 0 Å². The highest BCUT2D eigenvalue weighted by atomic mass is 16.2. The van der Waals surface area contributed by atoms with Gasteiger partial charge in [-0.05, 0) is 31.4 Å². The summed E-state index contributed by atoms with van der Waals surface area (Å²) in [5.74, 6) is 0.393. The molecular formula is C16H25N3O. The molecule has 1 unspecified atom stereocenters. The van der Waals surface area contributed by atoms with Crippen LogP contribution in [0.2, 0.25) is 0 Å². The quantitative estimate of drug-likeness (QED) is 0.815. The summed E-state index contributed by atoms with van der Waals surface area (Å²) in [6, 6.07) is 10.3. The molecule has 0 radical (unpaired) electrons. The Morgan fingerprint density at radius 3 is 2.75 bits per heavy atom. The van der Waals surface area contributed by atoms with Crippen molar-refractivity contribution >= 4 is 5.91 Å². The zero-order chi connectivity index (χ0) is 14.2. The SMILES string of the molecule is NCCN(CCc1ccccc1)C(=O)C1CCCNC1. The smallest absolute Gasteiger partial charge is 0.227 e. The Hall–Kier alpha value is -1.39. The fourth-order valence-electron chi connectivity index (χ4n) is 2.72. The van der Waals surface area contributed by atoms with E-state index in [2.05, 4.69) is 17.4 Å². The number of carbonyl (C=O) groups excluding carboxylic acids is 1. The highest BCUT2D eigenvalue weighted by Gasteiger charge is 2.25.